The van der Waals surface area contributed by atoms with Gasteiger partial charge in [0, 0.05) is 25.2 Å². The third-order valence-electron chi connectivity index (χ3n) is 3.73. The lowest BCUT2D eigenvalue weighted by Crippen LogP contribution is -2.28. The number of halogens is 3. The van der Waals surface area contributed by atoms with Crippen LogP contribution in [0.3, 0.4) is 0 Å². The number of nitrogens with zero attached hydrogens (tertiary/aromatic N) is 2. The quantitative estimate of drug-likeness (QED) is 0.353. The van der Waals surface area contributed by atoms with Crippen LogP contribution in [0.4, 0.5) is 13.2 Å². The van der Waals surface area contributed by atoms with Crippen LogP contribution in [-0.4, -0.2) is 61.1 Å². The van der Waals surface area contributed by atoms with Crippen molar-refractivity contribution in [1.82, 2.24) is 10.2 Å². The summed E-state index contributed by atoms with van der Waals surface area (Å²) in [5.41, 5.74) is 1.81. The average Bonchev–Trinajstić information content (AvgIpc) is 2.76. The minimum atomic E-state index is -5.08. The Balaban J connectivity index is 0.000000633. The number of rotatable bonds is 6. The average molecular weight is 450 g/mol. The zero-order valence-corrected chi connectivity index (χ0v) is 17.2. The van der Waals surface area contributed by atoms with Crippen molar-refractivity contribution >= 4 is 17.7 Å². The Hall–Kier alpha value is -4.07. The highest BCUT2D eigenvalue weighted by molar-refractivity contribution is 5.98. The van der Waals surface area contributed by atoms with Crippen LogP contribution < -0.4 is 10.1 Å². The molecule has 0 fully saturated rings. The number of carboxylic acids is 1. The molecule has 3 N–H and O–H groups in total. The molecule has 0 aliphatic rings. The molecule has 0 saturated heterocycles. The first-order valence-corrected chi connectivity index (χ1v) is 9.03. The lowest BCUT2D eigenvalue weighted by Gasteiger charge is -2.14. The van der Waals surface area contributed by atoms with Gasteiger partial charge in [0.05, 0.1) is 18.2 Å². The number of nitrogens with one attached hydrogen (secondary N) is 2. The molecule has 11 heteroatoms. The summed E-state index contributed by atoms with van der Waals surface area (Å²) in [6.45, 7) is 0.662. The maximum Gasteiger partial charge on any atom is 0.490 e. The maximum absolute atomic E-state index is 12.1. The zero-order valence-electron chi connectivity index (χ0n) is 17.2. The van der Waals surface area contributed by atoms with Crippen molar-refractivity contribution in [3.05, 3.63) is 65.2 Å². The van der Waals surface area contributed by atoms with Crippen molar-refractivity contribution in [1.29, 1.82) is 10.7 Å². The normalized spacial score (nSPS) is 10.1. The molecule has 8 nitrogen and oxygen atoms in total. The number of carboxylic acid groups (broad SMARTS) is 1. The second-order valence-electron chi connectivity index (χ2n) is 6.37. The van der Waals surface area contributed by atoms with Crippen LogP contribution in [0, 0.1) is 16.7 Å². The van der Waals surface area contributed by atoms with Crippen molar-refractivity contribution < 1.29 is 32.6 Å². The SMILES string of the molecule is CN(C)C(=N)c1ccc(C(=O)NCCOc2cccc(C#N)c2)cc1.O=C(O)C(F)(F)F. The molecule has 0 heterocycles. The molecule has 0 saturated carbocycles. The third kappa shape index (κ3) is 8.74. The van der Waals surface area contributed by atoms with Crippen LogP contribution in [0.5, 0.6) is 5.75 Å². The number of nitriles is 1. The van der Waals surface area contributed by atoms with E-state index >= 15 is 0 Å². The Kier molecular flexibility index (Phi) is 9.69. The summed E-state index contributed by atoms with van der Waals surface area (Å²) in [4.78, 5) is 22.7. The highest BCUT2D eigenvalue weighted by Gasteiger charge is 2.38. The van der Waals surface area contributed by atoms with Gasteiger partial charge in [-0.25, -0.2) is 4.79 Å². The standard InChI is InChI=1S/C19H20N4O2.C2HF3O2/c1-23(2)18(21)15-6-8-16(9-7-15)19(24)22-10-11-25-17-5-3-4-14(12-17)13-20;3-2(4,5)1(6)7/h3-9,12,21H,10-11H2,1-2H3,(H,22,24);(H,6,7). The Labute approximate surface area is 182 Å². The zero-order chi connectivity index (χ0) is 24.3. The summed E-state index contributed by atoms with van der Waals surface area (Å²) in [5, 5.41) is 26.6. The van der Waals surface area contributed by atoms with Crippen LogP contribution in [-0.2, 0) is 4.79 Å². The minimum Gasteiger partial charge on any atom is -0.492 e. The van der Waals surface area contributed by atoms with Gasteiger partial charge in [0.2, 0.25) is 0 Å². The fraction of sp³-hybridized carbons (Fsp3) is 0.238. The topological polar surface area (TPSA) is 127 Å². The number of aliphatic carboxylic acids is 1. The van der Waals surface area contributed by atoms with Crippen LogP contribution in [0.15, 0.2) is 48.5 Å². The number of alkyl halides is 3. The first kappa shape index (κ1) is 26.0. The van der Waals surface area contributed by atoms with Crippen LogP contribution in [0.2, 0.25) is 0 Å². The number of benzene rings is 2. The molecule has 0 aromatic heterocycles. The molecule has 2 aromatic carbocycles. The molecule has 170 valence electrons. The largest absolute Gasteiger partial charge is 0.492 e. The summed E-state index contributed by atoms with van der Waals surface area (Å²) >= 11 is 0. The Morgan fingerprint density at radius 2 is 1.72 bits per heavy atom. The number of carbonyl (C=O) groups excluding carboxylic acids is 1. The summed E-state index contributed by atoms with van der Waals surface area (Å²) in [5.74, 6) is -1.97. The smallest absolute Gasteiger partial charge is 0.490 e. The van der Waals surface area contributed by atoms with Gasteiger partial charge in [-0.05, 0) is 30.3 Å². The summed E-state index contributed by atoms with van der Waals surface area (Å²) in [7, 11) is 3.60. The van der Waals surface area contributed by atoms with E-state index in [0.717, 1.165) is 5.56 Å². The molecule has 0 aliphatic carbocycles. The molecule has 0 bridgehead atoms. The lowest BCUT2D eigenvalue weighted by molar-refractivity contribution is -0.192. The molecule has 0 spiro atoms. The van der Waals surface area contributed by atoms with Gasteiger partial charge in [-0.2, -0.15) is 18.4 Å². The van der Waals surface area contributed by atoms with E-state index in [1.807, 2.05) is 6.07 Å². The van der Waals surface area contributed by atoms with E-state index in [2.05, 4.69) is 5.32 Å². The fourth-order valence-corrected chi connectivity index (χ4v) is 2.13. The van der Waals surface area contributed by atoms with E-state index in [4.69, 9.17) is 25.3 Å². The van der Waals surface area contributed by atoms with E-state index in [-0.39, 0.29) is 5.91 Å². The van der Waals surface area contributed by atoms with Gasteiger partial charge in [-0.1, -0.05) is 18.2 Å². The van der Waals surface area contributed by atoms with Gasteiger partial charge < -0.3 is 20.1 Å². The molecular weight excluding hydrogens is 429 g/mol. The maximum atomic E-state index is 12.1. The molecule has 32 heavy (non-hydrogen) atoms. The number of hydrogen-bond donors (Lipinski definition) is 3. The first-order chi connectivity index (χ1) is 15.0. The summed E-state index contributed by atoms with van der Waals surface area (Å²) in [6, 6.07) is 15.8. The molecule has 0 aliphatic heterocycles. The van der Waals surface area contributed by atoms with Gasteiger partial charge in [-0.3, -0.25) is 10.2 Å². The minimum absolute atomic E-state index is 0.197. The predicted molar refractivity (Wildman–Crippen MR) is 110 cm³/mol. The van der Waals surface area contributed by atoms with Crippen molar-refractivity contribution in [3.63, 3.8) is 0 Å². The van der Waals surface area contributed by atoms with E-state index in [9.17, 15) is 18.0 Å². The van der Waals surface area contributed by atoms with Crippen LogP contribution in [0.25, 0.3) is 0 Å². The Morgan fingerprint density at radius 3 is 2.22 bits per heavy atom. The first-order valence-electron chi connectivity index (χ1n) is 9.03. The number of carbonyl (C=O) groups is 2. The molecule has 1 amide bonds. The van der Waals surface area contributed by atoms with Gasteiger partial charge in [0.15, 0.2) is 0 Å². The molecule has 2 aromatic rings. The van der Waals surface area contributed by atoms with E-state index in [1.54, 1.807) is 67.5 Å². The van der Waals surface area contributed by atoms with Crippen molar-refractivity contribution in [3.8, 4) is 11.8 Å². The summed E-state index contributed by atoms with van der Waals surface area (Å²) < 4.78 is 37.2. The van der Waals surface area contributed by atoms with Crippen LogP contribution in [0.1, 0.15) is 21.5 Å². The highest BCUT2D eigenvalue weighted by atomic mass is 19.4. The molecular formula is C21H21F3N4O4. The van der Waals surface area contributed by atoms with Gasteiger partial charge >= 0.3 is 12.1 Å². The van der Waals surface area contributed by atoms with Crippen molar-refractivity contribution in [2.75, 3.05) is 27.2 Å². The molecule has 0 unspecified atom stereocenters. The number of hydrogen-bond acceptors (Lipinski definition) is 5. The van der Waals surface area contributed by atoms with Gasteiger partial charge in [0.25, 0.3) is 5.91 Å². The van der Waals surface area contributed by atoms with Crippen LogP contribution >= 0.6 is 0 Å². The highest BCUT2D eigenvalue weighted by Crippen LogP contribution is 2.13. The predicted octanol–water partition coefficient (Wildman–Crippen LogP) is 2.89. The molecule has 0 atom stereocenters. The Morgan fingerprint density at radius 1 is 1.16 bits per heavy atom. The van der Waals surface area contributed by atoms with E-state index in [0.29, 0.717) is 35.9 Å². The number of amidine groups is 1. The third-order valence-corrected chi connectivity index (χ3v) is 3.73. The monoisotopic (exact) mass is 450 g/mol. The van der Waals surface area contributed by atoms with Gasteiger partial charge in [0.1, 0.15) is 18.2 Å². The van der Waals surface area contributed by atoms with E-state index < -0.39 is 12.1 Å². The second kappa shape index (κ2) is 11.9. The number of amides is 1. The lowest BCUT2D eigenvalue weighted by atomic mass is 10.1. The van der Waals surface area contributed by atoms with Crippen molar-refractivity contribution in [2.24, 2.45) is 0 Å². The van der Waals surface area contributed by atoms with Gasteiger partial charge in [-0.15, -0.1) is 0 Å². The van der Waals surface area contributed by atoms with E-state index in [1.165, 1.54) is 0 Å². The second-order valence-corrected chi connectivity index (χ2v) is 6.37. The molecule has 0 radical (unpaired) electrons. The van der Waals surface area contributed by atoms with Crippen molar-refractivity contribution in [2.45, 2.75) is 6.18 Å². The number of ether oxygens (including phenoxy) is 1. The fourth-order valence-electron chi connectivity index (χ4n) is 2.13. The summed E-state index contributed by atoms with van der Waals surface area (Å²) in [6.07, 6.45) is -5.08. The molecule has 2 rings (SSSR count). The Bertz CT molecular complexity index is 984.